The largest absolute Gasteiger partial charge is 0.351 e. The molecule has 0 atom stereocenters. The molecule has 1 saturated heterocycles. The first-order valence-electron chi connectivity index (χ1n) is 9.64. The number of hydrogen-bond donors (Lipinski definition) is 2. The van der Waals surface area contributed by atoms with Gasteiger partial charge in [0.25, 0.3) is 5.91 Å². The van der Waals surface area contributed by atoms with Gasteiger partial charge in [0.15, 0.2) is 0 Å². The summed E-state index contributed by atoms with van der Waals surface area (Å²) in [6, 6.07) is 16.0. The quantitative estimate of drug-likeness (QED) is 0.690. The zero-order valence-corrected chi connectivity index (χ0v) is 17.0. The number of nitrogens with zero attached hydrogens (tertiary/aromatic N) is 1. The molecule has 0 bridgehead atoms. The lowest BCUT2D eigenvalue weighted by molar-refractivity contribution is -0.119. The fourth-order valence-corrected chi connectivity index (χ4v) is 4.04. The molecule has 1 aliphatic rings. The van der Waals surface area contributed by atoms with Gasteiger partial charge in [-0.2, -0.15) is 0 Å². The molecule has 154 valence electrons. The molecule has 0 unspecified atom stereocenters. The highest BCUT2D eigenvalue weighted by Gasteiger charge is 2.19. The van der Waals surface area contributed by atoms with E-state index in [1.165, 1.54) is 0 Å². The maximum atomic E-state index is 12.3. The van der Waals surface area contributed by atoms with Crippen LogP contribution < -0.4 is 14.9 Å². The molecule has 29 heavy (non-hydrogen) atoms. The van der Waals surface area contributed by atoms with E-state index in [0.717, 1.165) is 24.1 Å². The number of carbonyl (C=O) groups is 2. The van der Waals surface area contributed by atoms with E-state index in [-0.39, 0.29) is 30.7 Å². The number of sulfonamides is 1. The minimum atomic E-state index is -3.49. The van der Waals surface area contributed by atoms with Crippen LogP contribution in [0.3, 0.4) is 0 Å². The van der Waals surface area contributed by atoms with Crippen LogP contribution in [0.15, 0.2) is 54.6 Å². The molecule has 0 aromatic heterocycles. The first-order valence-corrected chi connectivity index (χ1v) is 11.3. The number of amides is 2. The maximum absolute atomic E-state index is 12.3. The predicted octanol–water partition coefficient (Wildman–Crippen LogP) is 2.05. The number of piperidine rings is 1. The Morgan fingerprint density at radius 2 is 1.72 bits per heavy atom. The zero-order valence-electron chi connectivity index (χ0n) is 16.1. The molecule has 2 aromatic carbocycles. The lowest BCUT2D eigenvalue weighted by Gasteiger charge is -2.26. The molecule has 7 nitrogen and oxygen atoms in total. The highest BCUT2D eigenvalue weighted by Crippen LogP contribution is 2.21. The van der Waals surface area contributed by atoms with Crippen molar-refractivity contribution in [3.63, 3.8) is 0 Å². The molecule has 1 fully saturated rings. The normalized spacial score (nSPS) is 14.6. The minimum absolute atomic E-state index is 0.00924. The topological polar surface area (TPSA) is 95.6 Å². The van der Waals surface area contributed by atoms with E-state index in [1.54, 1.807) is 29.2 Å². The van der Waals surface area contributed by atoms with Crippen LogP contribution in [-0.2, 0) is 21.4 Å². The van der Waals surface area contributed by atoms with Gasteiger partial charge in [0, 0.05) is 37.3 Å². The molecular formula is C21H25N3O4S. The lowest BCUT2D eigenvalue weighted by atomic mass is 10.1. The van der Waals surface area contributed by atoms with Gasteiger partial charge in [0.2, 0.25) is 15.9 Å². The maximum Gasteiger partial charge on any atom is 0.251 e. The fourth-order valence-electron chi connectivity index (χ4n) is 3.13. The summed E-state index contributed by atoms with van der Waals surface area (Å²) in [6.07, 6.45) is 2.44. The molecule has 1 aliphatic heterocycles. The van der Waals surface area contributed by atoms with Crippen molar-refractivity contribution in [2.75, 3.05) is 23.7 Å². The molecule has 0 spiro atoms. The molecule has 0 radical (unpaired) electrons. The van der Waals surface area contributed by atoms with Gasteiger partial charge in [0.1, 0.15) is 0 Å². The highest BCUT2D eigenvalue weighted by atomic mass is 32.2. The van der Waals surface area contributed by atoms with Gasteiger partial charge in [-0.05, 0) is 42.7 Å². The summed E-state index contributed by atoms with van der Waals surface area (Å²) in [4.78, 5) is 26.0. The molecule has 0 saturated carbocycles. The molecule has 8 heteroatoms. The minimum Gasteiger partial charge on any atom is -0.351 e. The Kier molecular flexibility index (Phi) is 7.00. The average molecular weight is 416 g/mol. The number of benzene rings is 2. The van der Waals surface area contributed by atoms with Gasteiger partial charge in [-0.15, -0.1) is 0 Å². The first-order chi connectivity index (χ1) is 13.9. The summed E-state index contributed by atoms with van der Waals surface area (Å²) < 4.78 is 26.7. The number of carbonyl (C=O) groups excluding carboxylic acids is 2. The summed E-state index contributed by atoms with van der Waals surface area (Å²) in [5.74, 6) is -0.451. The molecule has 2 aromatic rings. The Labute approximate surface area is 171 Å². The second-order valence-electron chi connectivity index (χ2n) is 6.93. The van der Waals surface area contributed by atoms with Crippen LogP contribution in [0.2, 0.25) is 0 Å². The molecule has 2 amide bonds. The van der Waals surface area contributed by atoms with Crippen molar-refractivity contribution in [1.82, 2.24) is 10.0 Å². The highest BCUT2D eigenvalue weighted by molar-refractivity contribution is 7.89. The standard InChI is InChI=1S/C21H25N3O4S/c25-20-8-4-5-14-24(20)19-11-9-18(10-12-19)21(26)22-13-15-29(27,28)23-16-17-6-2-1-3-7-17/h1-3,6-7,9-12,23H,4-5,8,13-16H2,(H,22,26). The van der Waals surface area contributed by atoms with E-state index in [4.69, 9.17) is 0 Å². The zero-order chi connectivity index (χ0) is 20.7. The number of hydrogen-bond acceptors (Lipinski definition) is 4. The van der Waals surface area contributed by atoms with Crippen molar-refractivity contribution in [2.24, 2.45) is 0 Å². The predicted molar refractivity (Wildman–Crippen MR) is 112 cm³/mol. The van der Waals surface area contributed by atoms with Gasteiger partial charge < -0.3 is 10.2 Å². The van der Waals surface area contributed by atoms with Crippen molar-refractivity contribution < 1.29 is 18.0 Å². The van der Waals surface area contributed by atoms with Crippen molar-refractivity contribution in [1.29, 1.82) is 0 Å². The van der Waals surface area contributed by atoms with Crippen molar-refractivity contribution >= 4 is 27.5 Å². The second kappa shape index (κ2) is 9.67. The van der Waals surface area contributed by atoms with E-state index in [0.29, 0.717) is 18.5 Å². The smallest absolute Gasteiger partial charge is 0.251 e. The van der Waals surface area contributed by atoms with Gasteiger partial charge in [0.05, 0.1) is 5.75 Å². The molecule has 3 rings (SSSR count). The average Bonchev–Trinajstić information content (AvgIpc) is 2.73. The number of anilines is 1. The van der Waals surface area contributed by atoms with Crippen molar-refractivity contribution in [2.45, 2.75) is 25.8 Å². The third-order valence-corrected chi connectivity index (χ3v) is 6.09. The van der Waals surface area contributed by atoms with Crippen LogP contribution in [0.1, 0.15) is 35.2 Å². The van der Waals surface area contributed by atoms with Crippen LogP contribution in [0.5, 0.6) is 0 Å². The summed E-state index contributed by atoms with van der Waals surface area (Å²) in [6.45, 7) is 0.918. The van der Waals surface area contributed by atoms with E-state index in [2.05, 4.69) is 10.0 Å². The fraction of sp³-hybridized carbons (Fsp3) is 0.333. The van der Waals surface area contributed by atoms with Crippen LogP contribution in [0.4, 0.5) is 5.69 Å². The van der Waals surface area contributed by atoms with Gasteiger partial charge in [-0.25, -0.2) is 13.1 Å². The van der Waals surface area contributed by atoms with Gasteiger partial charge in [-0.3, -0.25) is 9.59 Å². The molecule has 2 N–H and O–H groups in total. The van der Waals surface area contributed by atoms with E-state index in [9.17, 15) is 18.0 Å². The second-order valence-corrected chi connectivity index (χ2v) is 8.86. The molecular weight excluding hydrogens is 390 g/mol. The lowest BCUT2D eigenvalue weighted by Crippen LogP contribution is -2.35. The van der Waals surface area contributed by atoms with Crippen LogP contribution in [-0.4, -0.2) is 39.1 Å². The Bertz CT molecular complexity index is 944. The summed E-state index contributed by atoms with van der Waals surface area (Å²) >= 11 is 0. The van der Waals surface area contributed by atoms with Gasteiger partial charge >= 0.3 is 0 Å². The van der Waals surface area contributed by atoms with Crippen molar-refractivity contribution in [3.05, 3.63) is 65.7 Å². The van der Waals surface area contributed by atoms with Gasteiger partial charge in [-0.1, -0.05) is 30.3 Å². The monoisotopic (exact) mass is 415 g/mol. The van der Waals surface area contributed by atoms with Crippen LogP contribution in [0, 0.1) is 0 Å². The summed E-state index contributed by atoms with van der Waals surface area (Å²) in [5.41, 5.74) is 2.07. The van der Waals surface area contributed by atoms with Crippen LogP contribution >= 0.6 is 0 Å². The Balaban J connectivity index is 1.47. The number of nitrogens with one attached hydrogen (secondary N) is 2. The number of rotatable bonds is 8. The van der Waals surface area contributed by atoms with E-state index in [1.807, 2.05) is 30.3 Å². The Morgan fingerprint density at radius 3 is 2.41 bits per heavy atom. The van der Waals surface area contributed by atoms with E-state index < -0.39 is 10.0 Å². The summed E-state index contributed by atoms with van der Waals surface area (Å²) in [7, 11) is -3.49. The van der Waals surface area contributed by atoms with Crippen molar-refractivity contribution in [3.8, 4) is 0 Å². The molecule has 1 heterocycles. The third-order valence-electron chi connectivity index (χ3n) is 4.76. The van der Waals surface area contributed by atoms with E-state index >= 15 is 0 Å². The van der Waals surface area contributed by atoms with Crippen LogP contribution in [0.25, 0.3) is 0 Å². The summed E-state index contributed by atoms with van der Waals surface area (Å²) in [5, 5.41) is 2.62. The SMILES string of the molecule is O=C(NCCS(=O)(=O)NCc1ccccc1)c1ccc(N2CCCCC2=O)cc1. The molecule has 0 aliphatic carbocycles. The Morgan fingerprint density at radius 1 is 1.00 bits per heavy atom. The first kappa shape index (κ1) is 21.0. The Hall–Kier alpha value is -2.71. The third kappa shape index (κ3) is 6.13.